The van der Waals surface area contributed by atoms with Crippen LogP contribution in [0.4, 0.5) is 17.3 Å². The summed E-state index contributed by atoms with van der Waals surface area (Å²) < 4.78 is 40.8. The Bertz CT molecular complexity index is 550. The molecule has 0 fully saturated rings. The Labute approximate surface area is 114 Å². The van der Waals surface area contributed by atoms with Crippen LogP contribution in [0.5, 0.6) is 0 Å². The first-order valence-electron chi connectivity index (χ1n) is 5.80. The van der Waals surface area contributed by atoms with Crippen LogP contribution in [0.3, 0.4) is 0 Å². The van der Waals surface area contributed by atoms with Crippen molar-refractivity contribution in [3.8, 4) is 0 Å². The Kier molecular flexibility index (Phi) is 5.89. The van der Waals surface area contributed by atoms with Crippen LogP contribution in [0, 0.1) is 6.92 Å². The summed E-state index contributed by atoms with van der Waals surface area (Å²) in [6, 6.07) is 14.1. The van der Waals surface area contributed by atoms with E-state index in [0.29, 0.717) is 0 Å². The van der Waals surface area contributed by atoms with Crippen molar-refractivity contribution in [1.29, 1.82) is 0 Å². The zero-order valence-corrected chi connectivity index (χ0v) is 10.8. The Morgan fingerprint density at radius 3 is 2.05 bits per heavy atom. The lowest BCUT2D eigenvalue weighted by Crippen LogP contribution is -2.25. The number of aromatic nitrogens is 1. The third kappa shape index (κ3) is 7.30. The Balaban J connectivity index is 0.000000347. The van der Waals surface area contributed by atoms with Gasteiger partial charge in [-0.05, 0) is 17.6 Å². The molecule has 0 N–H and O–H groups in total. The molecule has 0 spiro atoms. The van der Waals surface area contributed by atoms with Crippen molar-refractivity contribution in [1.82, 2.24) is 0 Å². The van der Waals surface area contributed by atoms with E-state index < -0.39 is 7.25 Å². The lowest BCUT2D eigenvalue weighted by Gasteiger charge is -1.95. The molecule has 0 unspecified atom stereocenters. The van der Waals surface area contributed by atoms with E-state index in [0.717, 1.165) is 5.56 Å². The normalized spacial score (nSPS) is 11.1. The van der Waals surface area contributed by atoms with Crippen LogP contribution in [0.25, 0.3) is 0 Å². The van der Waals surface area contributed by atoms with Gasteiger partial charge in [-0.1, -0.05) is 35.0 Å². The summed E-state index contributed by atoms with van der Waals surface area (Å²) in [5.74, 6) is 0. The maximum atomic E-state index is 9.75. The van der Waals surface area contributed by atoms with Crippen molar-refractivity contribution in [2.45, 2.75) is 6.92 Å². The minimum Gasteiger partial charge on any atom is -0.418 e. The zero-order chi connectivity index (χ0) is 15.0. The first-order valence-corrected chi connectivity index (χ1v) is 5.80. The molecule has 0 radical (unpaired) electrons. The van der Waals surface area contributed by atoms with Crippen molar-refractivity contribution >= 4 is 13.5 Å². The second kappa shape index (κ2) is 7.42. The molecule has 0 aliphatic heterocycles. The maximum Gasteiger partial charge on any atom is 0.673 e. The molecule has 1 aromatic heterocycles. The second-order valence-electron chi connectivity index (χ2n) is 3.85. The second-order valence-corrected chi connectivity index (χ2v) is 3.85. The minimum absolute atomic E-state index is 1.15. The first-order chi connectivity index (χ1) is 9.36. The van der Waals surface area contributed by atoms with E-state index in [2.05, 4.69) is 24.2 Å². The van der Waals surface area contributed by atoms with Crippen LogP contribution < -0.4 is 4.68 Å². The highest BCUT2D eigenvalue weighted by molar-refractivity contribution is 6.50. The third-order valence-corrected chi connectivity index (χ3v) is 2.22. The van der Waals surface area contributed by atoms with Crippen molar-refractivity contribution in [2.24, 2.45) is 5.10 Å². The van der Waals surface area contributed by atoms with Crippen molar-refractivity contribution < 1.29 is 21.9 Å². The number of halogens is 4. The SMILES string of the molecule is Cc1ccccc1/C=N/[n+]1ccccc1.F[B-](F)(F)F. The van der Waals surface area contributed by atoms with Gasteiger partial charge in [-0.2, -0.15) is 0 Å². The summed E-state index contributed by atoms with van der Waals surface area (Å²) in [6.07, 6.45) is 5.69. The highest BCUT2D eigenvalue weighted by Gasteiger charge is 2.20. The molecule has 106 valence electrons. The molecule has 1 aromatic carbocycles. The van der Waals surface area contributed by atoms with Gasteiger partial charge in [0.15, 0.2) is 0 Å². The first kappa shape index (κ1) is 15.9. The quantitative estimate of drug-likeness (QED) is 0.347. The zero-order valence-electron chi connectivity index (χ0n) is 10.8. The summed E-state index contributed by atoms with van der Waals surface area (Å²) in [7, 11) is -6.00. The van der Waals surface area contributed by atoms with Crippen LogP contribution in [0.1, 0.15) is 11.1 Å². The third-order valence-electron chi connectivity index (χ3n) is 2.22. The molecule has 0 amide bonds. The molecule has 0 bridgehead atoms. The van der Waals surface area contributed by atoms with Crippen LogP contribution in [-0.4, -0.2) is 13.5 Å². The highest BCUT2D eigenvalue weighted by atomic mass is 19.5. The molecule has 0 aliphatic rings. The molecular formula is C13H13BF4N2. The average Bonchev–Trinajstić information content (AvgIpc) is 2.37. The topological polar surface area (TPSA) is 16.2 Å². The summed E-state index contributed by atoms with van der Waals surface area (Å²) in [5, 5.41) is 4.33. The number of rotatable bonds is 2. The minimum atomic E-state index is -6.00. The summed E-state index contributed by atoms with van der Waals surface area (Å²) in [5.41, 5.74) is 2.38. The van der Waals surface area contributed by atoms with E-state index in [1.54, 1.807) is 4.68 Å². The molecule has 20 heavy (non-hydrogen) atoms. The predicted molar refractivity (Wildman–Crippen MR) is 71.0 cm³/mol. The lowest BCUT2D eigenvalue weighted by atomic mass is 10.1. The van der Waals surface area contributed by atoms with Crippen LogP contribution >= 0.6 is 0 Å². The van der Waals surface area contributed by atoms with Crippen molar-refractivity contribution in [2.75, 3.05) is 0 Å². The van der Waals surface area contributed by atoms with Gasteiger partial charge < -0.3 is 17.3 Å². The summed E-state index contributed by atoms with van der Waals surface area (Å²) in [4.78, 5) is 0. The largest absolute Gasteiger partial charge is 0.673 e. The smallest absolute Gasteiger partial charge is 0.418 e. The number of hydrogen-bond acceptors (Lipinski definition) is 1. The van der Waals surface area contributed by atoms with E-state index in [1.807, 2.05) is 48.9 Å². The molecule has 1 heterocycles. The van der Waals surface area contributed by atoms with E-state index in [9.17, 15) is 17.3 Å². The van der Waals surface area contributed by atoms with Gasteiger partial charge >= 0.3 is 7.25 Å². The molecule has 0 atom stereocenters. The number of benzene rings is 1. The molecule has 2 aromatic rings. The van der Waals surface area contributed by atoms with Gasteiger partial charge in [0.2, 0.25) is 12.4 Å². The molecule has 2 nitrogen and oxygen atoms in total. The fourth-order valence-electron chi connectivity index (χ4n) is 1.33. The Morgan fingerprint density at radius 2 is 1.50 bits per heavy atom. The number of nitrogens with zero attached hydrogens (tertiary/aromatic N) is 2. The predicted octanol–water partition coefficient (Wildman–Crippen LogP) is 3.46. The fraction of sp³-hybridized carbons (Fsp3) is 0.0769. The van der Waals surface area contributed by atoms with Gasteiger partial charge in [0.25, 0.3) is 0 Å². The lowest BCUT2D eigenvalue weighted by molar-refractivity contribution is -0.678. The number of aryl methyl sites for hydroxylation is 1. The van der Waals surface area contributed by atoms with E-state index in [4.69, 9.17) is 0 Å². The van der Waals surface area contributed by atoms with Gasteiger partial charge in [0.05, 0.1) is 0 Å². The van der Waals surface area contributed by atoms with Gasteiger partial charge in [-0.15, -0.1) is 0 Å². The molecule has 2 rings (SSSR count). The molecule has 0 saturated heterocycles. The van der Waals surface area contributed by atoms with Gasteiger partial charge in [0.1, 0.15) is 6.21 Å². The Hall–Kier alpha value is -2.18. The molecular weight excluding hydrogens is 271 g/mol. The van der Waals surface area contributed by atoms with Gasteiger partial charge in [-0.25, -0.2) is 0 Å². The fourth-order valence-corrected chi connectivity index (χ4v) is 1.33. The molecule has 7 heteroatoms. The van der Waals surface area contributed by atoms with E-state index in [-0.39, 0.29) is 0 Å². The molecule has 0 saturated carbocycles. The van der Waals surface area contributed by atoms with Gasteiger partial charge in [0, 0.05) is 17.7 Å². The average molecular weight is 284 g/mol. The van der Waals surface area contributed by atoms with Crippen LogP contribution in [-0.2, 0) is 0 Å². The van der Waals surface area contributed by atoms with Crippen LogP contribution in [0.2, 0.25) is 0 Å². The van der Waals surface area contributed by atoms with Gasteiger partial charge in [-0.3, -0.25) is 0 Å². The summed E-state index contributed by atoms with van der Waals surface area (Å²) >= 11 is 0. The van der Waals surface area contributed by atoms with Crippen molar-refractivity contribution in [3.63, 3.8) is 0 Å². The summed E-state index contributed by atoms with van der Waals surface area (Å²) in [6.45, 7) is 2.08. The monoisotopic (exact) mass is 284 g/mol. The Morgan fingerprint density at radius 1 is 0.950 bits per heavy atom. The van der Waals surface area contributed by atoms with E-state index >= 15 is 0 Å². The standard InChI is InChI=1S/C13H13N2.BF4/c1-12-7-3-4-8-13(12)11-14-15-9-5-2-6-10-15;2-1(3,4)5/h2-11H,1H3;/q+1;-1/b14-11+;. The number of hydrogen-bond donors (Lipinski definition) is 0. The highest BCUT2D eigenvalue weighted by Crippen LogP contribution is 2.06. The number of pyridine rings is 1. The van der Waals surface area contributed by atoms with Crippen molar-refractivity contribution in [3.05, 3.63) is 66.0 Å². The molecule has 0 aliphatic carbocycles. The van der Waals surface area contributed by atoms with E-state index in [1.165, 1.54) is 5.56 Å². The van der Waals surface area contributed by atoms with Crippen LogP contribution in [0.15, 0.2) is 60.0 Å². The maximum absolute atomic E-state index is 9.75.